The van der Waals surface area contributed by atoms with E-state index >= 15 is 0 Å². The molecule has 3 aromatic carbocycles. The van der Waals surface area contributed by atoms with Crippen LogP contribution >= 0.6 is 0 Å². The highest BCUT2D eigenvalue weighted by atomic mass is 16.5. The molecule has 0 amide bonds. The van der Waals surface area contributed by atoms with E-state index in [1.165, 1.54) is 12.7 Å². The van der Waals surface area contributed by atoms with Crippen molar-refractivity contribution in [1.29, 1.82) is 0 Å². The van der Waals surface area contributed by atoms with Crippen LogP contribution in [0.5, 0.6) is 17.2 Å². The number of allylic oxidation sites excluding steroid dienone is 1. The van der Waals surface area contributed by atoms with Gasteiger partial charge in [-0.05, 0) is 60.9 Å². The fourth-order valence-electron chi connectivity index (χ4n) is 3.39. The molecule has 4 rings (SSSR count). The Labute approximate surface area is 180 Å². The van der Waals surface area contributed by atoms with Gasteiger partial charge in [0.25, 0.3) is 0 Å². The first-order valence-electron chi connectivity index (χ1n) is 10.0. The zero-order valence-corrected chi connectivity index (χ0v) is 17.6. The van der Waals surface area contributed by atoms with Gasteiger partial charge in [-0.3, -0.25) is 4.79 Å². The molecule has 0 radical (unpaired) electrons. The summed E-state index contributed by atoms with van der Waals surface area (Å²) in [6, 6.07) is 17.9. The lowest BCUT2D eigenvalue weighted by Gasteiger charge is -2.10. The van der Waals surface area contributed by atoms with Crippen molar-refractivity contribution in [2.45, 2.75) is 20.3 Å². The van der Waals surface area contributed by atoms with Gasteiger partial charge in [0.15, 0.2) is 5.76 Å². The molecule has 1 aliphatic heterocycles. The molecule has 31 heavy (non-hydrogen) atoms. The molecule has 1 aliphatic rings. The van der Waals surface area contributed by atoms with Crippen molar-refractivity contribution < 1.29 is 23.8 Å². The van der Waals surface area contributed by atoms with Crippen molar-refractivity contribution in [3.05, 3.63) is 94.2 Å². The predicted octanol–water partition coefficient (Wildman–Crippen LogP) is 5.40. The molecule has 0 saturated heterocycles. The van der Waals surface area contributed by atoms with Crippen LogP contribution in [0.3, 0.4) is 0 Å². The molecule has 0 fully saturated rings. The number of esters is 1. The van der Waals surface area contributed by atoms with Gasteiger partial charge in [-0.15, -0.1) is 0 Å². The first-order valence-corrected chi connectivity index (χ1v) is 10.0. The van der Waals surface area contributed by atoms with Crippen LogP contribution < -0.4 is 14.2 Å². The zero-order valence-electron chi connectivity index (χ0n) is 17.6. The molecule has 156 valence electrons. The number of hydrogen-bond donors (Lipinski definition) is 0. The minimum atomic E-state index is -0.516. The Morgan fingerprint density at radius 2 is 1.84 bits per heavy atom. The molecule has 3 aromatic rings. The van der Waals surface area contributed by atoms with Crippen molar-refractivity contribution in [1.82, 2.24) is 0 Å². The maximum atomic E-state index is 12.8. The Kier molecular flexibility index (Phi) is 5.58. The number of aryl methyl sites for hydroxylation is 1. The summed E-state index contributed by atoms with van der Waals surface area (Å²) in [6.07, 6.45) is 2.68. The summed E-state index contributed by atoms with van der Waals surface area (Å²) >= 11 is 0. The van der Waals surface area contributed by atoms with E-state index in [1.807, 2.05) is 24.3 Å². The average Bonchev–Trinajstić information content (AvgIpc) is 3.12. The summed E-state index contributed by atoms with van der Waals surface area (Å²) < 4.78 is 16.6. The topological polar surface area (TPSA) is 61.8 Å². The Morgan fingerprint density at radius 3 is 2.55 bits per heavy atom. The maximum Gasteiger partial charge on any atom is 0.343 e. The Balaban J connectivity index is 1.58. The van der Waals surface area contributed by atoms with E-state index in [2.05, 4.69) is 6.92 Å². The number of ether oxygens (including phenoxy) is 3. The highest BCUT2D eigenvalue weighted by Crippen LogP contribution is 2.39. The van der Waals surface area contributed by atoms with Crippen LogP contribution in [-0.4, -0.2) is 18.9 Å². The summed E-state index contributed by atoms with van der Waals surface area (Å²) in [7, 11) is 1.53. The van der Waals surface area contributed by atoms with Crippen LogP contribution in [0.4, 0.5) is 0 Å². The molecule has 0 saturated carbocycles. The lowest BCUT2D eigenvalue weighted by Crippen LogP contribution is -2.09. The third-order valence-electron chi connectivity index (χ3n) is 5.23. The van der Waals surface area contributed by atoms with Crippen LogP contribution in [0.25, 0.3) is 6.08 Å². The van der Waals surface area contributed by atoms with Crippen LogP contribution in [0, 0.1) is 6.92 Å². The van der Waals surface area contributed by atoms with Gasteiger partial charge in [0.1, 0.15) is 17.2 Å². The largest absolute Gasteiger partial charge is 0.497 e. The monoisotopic (exact) mass is 414 g/mol. The predicted molar refractivity (Wildman–Crippen MR) is 118 cm³/mol. The van der Waals surface area contributed by atoms with Gasteiger partial charge in [0, 0.05) is 5.56 Å². The van der Waals surface area contributed by atoms with Crippen molar-refractivity contribution >= 4 is 17.8 Å². The number of methoxy groups -OCH3 is 1. The quantitative estimate of drug-likeness (QED) is 0.318. The van der Waals surface area contributed by atoms with Gasteiger partial charge in [-0.1, -0.05) is 37.3 Å². The molecule has 0 aliphatic carbocycles. The van der Waals surface area contributed by atoms with E-state index in [0.717, 1.165) is 12.0 Å². The summed E-state index contributed by atoms with van der Waals surface area (Å²) in [5.74, 6) is 0.862. The van der Waals surface area contributed by atoms with Crippen molar-refractivity contribution in [3.8, 4) is 17.2 Å². The van der Waals surface area contributed by atoms with Gasteiger partial charge in [-0.2, -0.15) is 0 Å². The van der Waals surface area contributed by atoms with Crippen LogP contribution in [0.2, 0.25) is 0 Å². The number of Topliss-reactive ketones (excluding diaryl/α,β-unsaturated/α-hetero) is 1. The van der Waals surface area contributed by atoms with E-state index in [9.17, 15) is 9.59 Å². The molecule has 0 bridgehead atoms. The van der Waals surface area contributed by atoms with E-state index in [0.29, 0.717) is 33.9 Å². The fourth-order valence-corrected chi connectivity index (χ4v) is 3.39. The second kappa shape index (κ2) is 8.48. The SMILES string of the molecule is CCc1ccc(/C=C2\Oc3c(ccc(OC(=O)c4cccc(OC)c4)c3C)C2=O)cc1. The Bertz CT molecular complexity index is 1190. The van der Waals surface area contributed by atoms with E-state index in [-0.39, 0.29) is 11.5 Å². The van der Waals surface area contributed by atoms with Gasteiger partial charge in [0.2, 0.25) is 5.78 Å². The normalized spacial score (nSPS) is 13.6. The molecular weight excluding hydrogens is 392 g/mol. The molecule has 0 N–H and O–H groups in total. The average molecular weight is 414 g/mol. The lowest BCUT2D eigenvalue weighted by atomic mass is 10.0. The highest BCUT2D eigenvalue weighted by Gasteiger charge is 2.30. The molecule has 5 heteroatoms. The van der Waals surface area contributed by atoms with Gasteiger partial charge in [0.05, 0.1) is 18.2 Å². The number of benzene rings is 3. The van der Waals surface area contributed by atoms with E-state index in [1.54, 1.807) is 49.4 Å². The molecule has 5 nitrogen and oxygen atoms in total. The minimum absolute atomic E-state index is 0.191. The minimum Gasteiger partial charge on any atom is -0.497 e. The van der Waals surface area contributed by atoms with E-state index < -0.39 is 5.97 Å². The van der Waals surface area contributed by atoms with Gasteiger partial charge >= 0.3 is 5.97 Å². The molecule has 0 aromatic heterocycles. The number of carbonyl (C=O) groups excluding carboxylic acids is 2. The Morgan fingerprint density at radius 1 is 1.06 bits per heavy atom. The number of rotatable bonds is 5. The first kappa shape index (κ1) is 20.4. The number of carbonyl (C=O) groups is 2. The van der Waals surface area contributed by atoms with Crippen LogP contribution in [0.15, 0.2) is 66.4 Å². The zero-order chi connectivity index (χ0) is 22.0. The van der Waals surface area contributed by atoms with Gasteiger partial charge in [-0.25, -0.2) is 4.79 Å². The van der Waals surface area contributed by atoms with Crippen molar-refractivity contribution in [2.24, 2.45) is 0 Å². The third kappa shape index (κ3) is 4.08. The molecule has 0 atom stereocenters. The summed E-state index contributed by atoms with van der Waals surface area (Å²) in [6.45, 7) is 3.86. The fraction of sp³-hybridized carbons (Fsp3) is 0.154. The maximum absolute atomic E-state index is 12.8. The Hall–Kier alpha value is -3.86. The number of hydrogen-bond acceptors (Lipinski definition) is 5. The standard InChI is InChI=1S/C26H22O5/c1-4-17-8-10-18(11-9-17)14-23-24(27)21-12-13-22(16(2)25(21)30-23)31-26(28)19-6-5-7-20(15-19)29-3/h5-15H,4H2,1-3H3/b23-14-. The molecule has 0 spiro atoms. The van der Waals surface area contributed by atoms with Crippen molar-refractivity contribution in [3.63, 3.8) is 0 Å². The summed E-state index contributed by atoms with van der Waals surface area (Å²) in [5, 5.41) is 0. The third-order valence-corrected chi connectivity index (χ3v) is 5.23. The highest BCUT2D eigenvalue weighted by molar-refractivity contribution is 6.15. The lowest BCUT2D eigenvalue weighted by molar-refractivity contribution is 0.0732. The summed E-state index contributed by atoms with van der Waals surface area (Å²) in [5.41, 5.74) is 3.52. The van der Waals surface area contributed by atoms with Crippen LogP contribution in [0.1, 0.15) is 44.3 Å². The molecular formula is C26H22O5. The molecule has 1 heterocycles. The number of fused-ring (bicyclic) bond motifs is 1. The van der Waals surface area contributed by atoms with E-state index in [4.69, 9.17) is 14.2 Å². The number of ketones is 1. The second-order valence-electron chi connectivity index (χ2n) is 7.22. The van der Waals surface area contributed by atoms with Crippen LogP contribution in [-0.2, 0) is 6.42 Å². The molecule has 0 unspecified atom stereocenters. The smallest absolute Gasteiger partial charge is 0.343 e. The second-order valence-corrected chi connectivity index (χ2v) is 7.22. The summed E-state index contributed by atoms with van der Waals surface area (Å²) in [4.78, 5) is 25.3. The van der Waals surface area contributed by atoms with Crippen molar-refractivity contribution in [2.75, 3.05) is 7.11 Å². The van der Waals surface area contributed by atoms with Gasteiger partial charge < -0.3 is 14.2 Å². The first-order chi connectivity index (χ1) is 15.0.